The lowest BCUT2D eigenvalue weighted by Crippen LogP contribution is -2.35. The number of hydrogen-bond acceptors (Lipinski definition) is 6. The van der Waals surface area contributed by atoms with E-state index in [0.29, 0.717) is 22.2 Å². The van der Waals surface area contributed by atoms with Crippen molar-refractivity contribution in [2.75, 3.05) is 15.6 Å². The summed E-state index contributed by atoms with van der Waals surface area (Å²) in [6.45, 7) is 3.32. The molecule has 0 bridgehead atoms. The van der Waals surface area contributed by atoms with Crippen LogP contribution in [0.25, 0.3) is 0 Å². The lowest BCUT2D eigenvalue weighted by molar-refractivity contribution is -0.118. The maximum absolute atomic E-state index is 12.8. The summed E-state index contributed by atoms with van der Waals surface area (Å²) in [4.78, 5) is 37.4. The third-order valence-electron chi connectivity index (χ3n) is 5.37. The van der Waals surface area contributed by atoms with E-state index >= 15 is 0 Å². The van der Waals surface area contributed by atoms with Crippen LogP contribution < -0.4 is 21.0 Å². The minimum atomic E-state index is -0.427. The number of rotatable bonds is 7. The predicted octanol–water partition coefficient (Wildman–Crippen LogP) is 5.05. The maximum atomic E-state index is 12.8. The molecule has 0 radical (unpaired) electrons. The van der Waals surface area contributed by atoms with Crippen LogP contribution in [0, 0.1) is 0 Å². The van der Waals surface area contributed by atoms with Crippen molar-refractivity contribution in [3.05, 3.63) is 84.4 Å². The van der Waals surface area contributed by atoms with E-state index in [2.05, 4.69) is 21.1 Å². The van der Waals surface area contributed by atoms with Crippen LogP contribution in [0.4, 0.5) is 17.1 Å². The number of hydrazone groups is 1. The number of nitrogens with zero attached hydrogens (tertiary/aromatic N) is 2. The van der Waals surface area contributed by atoms with Gasteiger partial charge in [-0.2, -0.15) is 10.1 Å². The maximum Gasteiger partial charge on any atom is 0.255 e. The number of ketones is 1. The number of nitrogens with one attached hydrogen (secondary N) is 3. The molecular weight excluding hydrogens is 506 g/mol. The van der Waals surface area contributed by atoms with E-state index in [9.17, 15) is 14.4 Å². The van der Waals surface area contributed by atoms with E-state index in [1.807, 2.05) is 42.5 Å². The summed E-state index contributed by atoms with van der Waals surface area (Å²) in [6, 6.07) is 23.7. The van der Waals surface area contributed by atoms with E-state index < -0.39 is 5.25 Å². The van der Waals surface area contributed by atoms with E-state index in [1.54, 1.807) is 43.3 Å². The van der Waals surface area contributed by atoms with Gasteiger partial charge in [0, 0.05) is 21.8 Å². The fourth-order valence-corrected chi connectivity index (χ4v) is 4.66. The number of hydrogen-bond donors (Lipinski definition) is 3. The quantitative estimate of drug-likeness (QED) is 0.223. The molecule has 1 aliphatic heterocycles. The summed E-state index contributed by atoms with van der Waals surface area (Å²) < 4.78 is 0. The van der Waals surface area contributed by atoms with Gasteiger partial charge >= 0.3 is 0 Å². The Balaban J connectivity index is 1.31. The Kier molecular flexibility index (Phi) is 8.32. The van der Waals surface area contributed by atoms with Crippen LogP contribution >= 0.6 is 24.0 Å². The minimum absolute atomic E-state index is 0.00310. The second-order valence-corrected chi connectivity index (χ2v) is 10.1. The average molecular weight is 532 g/mol. The van der Waals surface area contributed by atoms with Crippen LogP contribution in [0.5, 0.6) is 0 Å². The Hall–Kier alpha value is -4.02. The molecule has 188 valence electrons. The second kappa shape index (κ2) is 11.8. The number of anilines is 3. The summed E-state index contributed by atoms with van der Waals surface area (Å²) >= 11 is 6.79. The Morgan fingerprint density at radius 3 is 2.35 bits per heavy atom. The van der Waals surface area contributed by atoms with E-state index in [1.165, 1.54) is 23.7 Å². The van der Waals surface area contributed by atoms with Gasteiger partial charge in [-0.3, -0.25) is 14.4 Å². The molecule has 3 aromatic carbocycles. The molecule has 10 heteroatoms. The van der Waals surface area contributed by atoms with Gasteiger partial charge in [0.15, 0.2) is 10.9 Å². The van der Waals surface area contributed by atoms with Crippen LogP contribution in [0.2, 0.25) is 0 Å². The number of carbonyl (C=O) groups is 3. The average Bonchev–Trinajstić information content (AvgIpc) is 3.24. The highest BCUT2D eigenvalue weighted by Crippen LogP contribution is 2.26. The zero-order chi connectivity index (χ0) is 26.4. The molecule has 1 heterocycles. The summed E-state index contributed by atoms with van der Waals surface area (Å²) in [5.41, 5.74) is 2.81. The van der Waals surface area contributed by atoms with Crippen LogP contribution in [-0.2, 0) is 9.59 Å². The number of amidine groups is 1. The first-order valence-electron chi connectivity index (χ1n) is 11.5. The molecule has 0 spiro atoms. The van der Waals surface area contributed by atoms with Crippen LogP contribution in [0.3, 0.4) is 0 Å². The van der Waals surface area contributed by atoms with Crippen molar-refractivity contribution in [3.63, 3.8) is 0 Å². The van der Waals surface area contributed by atoms with Gasteiger partial charge in [0.05, 0.1) is 17.4 Å². The normalized spacial score (nSPS) is 13.5. The van der Waals surface area contributed by atoms with Gasteiger partial charge in [-0.05, 0) is 80.7 Å². The second-order valence-electron chi connectivity index (χ2n) is 8.25. The molecule has 0 aromatic heterocycles. The highest BCUT2D eigenvalue weighted by molar-refractivity contribution is 8.00. The van der Waals surface area contributed by atoms with E-state index in [0.717, 1.165) is 16.3 Å². The number of Topliss-reactive ketones (excluding diaryl/α,β-unsaturated/α-hetero) is 1. The first kappa shape index (κ1) is 26.1. The zero-order valence-corrected chi connectivity index (χ0v) is 21.9. The molecule has 0 saturated heterocycles. The van der Waals surface area contributed by atoms with Crippen LogP contribution in [0.15, 0.2) is 88.9 Å². The number of thioether (sulfide) groups is 1. The smallest absolute Gasteiger partial charge is 0.255 e. The van der Waals surface area contributed by atoms with Gasteiger partial charge in [-0.25, -0.2) is 0 Å². The molecule has 1 atom stereocenters. The van der Waals surface area contributed by atoms with Crippen molar-refractivity contribution < 1.29 is 14.4 Å². The topological polar surface area (TPSA) is 103 Å². The first-order chi connectivity index (χ1) is 17.8. The van der Waals surface area contributed by atoms with Gasteiger partial charge in [0.2, 0.25) is 5.91 Å². The lowest BCUT2D eigenvalue weighted by atomic mass is 10.1. The van der Waals surface area contributed by atoms with Crippen molar-refractivity contribution in [1.82, 2.24) is 5.32 Å². The van der Waals surface area contributed by atoms with Crippen LogP contribution in [0.1, 0.15) is 30.6 Å². The third kappa shape index (κ3) is 7.02. The Morgan fingerprint density at radius 1 is 0.946 bits per heavy atom. The van der Waals surface area contributed by atoms with Crippen molar-refractivity contribution in [2.45, 2.75) is 30.4 Å². The number of para-hydroxylation sites is 1. The first-order valence-corrected chi connectivity index (χ1v) is 12.8. The van der Waals surface area contributed by atoms with Gasteiger partial charge < -0.3 is 16.0 Å². The van der Waals surface area contributed by atoms with E-state index in [-0.39, 0.29) is 24.0 Å². The molecule has 4 rings (SSSR count). The van der Waals surface area contributed by atoms with Crippen molar-refractivity contribution in [3.8, 4) is 0 Å². The molecule has 3 N–H and O–H groups in total. The summed E-state index contributed by atoms with van der Waals surface area (Å²) in [5, 5.41) is 14.5. The molecular formula is C27H25N5O3S2. The highest BCUT2D eigenvalue weighted by atomic mass is 32.2. The number of amides is 2. The molecule has 0 fully saturated rings. The molecule has 3 aromatic rings. The minimum Gasteiger partial charge on any atom is -0.332 e. The molecule has 1 unspecified atom stereocenters. The Bertz CT molecular complexity index is 1360. The van der Waals surface area contributed by atoms with Crippen molar-refractivity contribution in [2.24, 2.45) is 5.10 Å². The summed E-state index contributed by atoms with van der Waals surface area (Å²) in [7, 11) is 0. The van der Waals surface area contributed by atoms with E-state index in [4.69, 9.17) is 12.2 Å². The molecule has 0 saturated carbocycles. The standard InChI is InChI=1S/C27H25N5O3S2/c1-17(33)19-11-13-20(14-12-19)28-27(36)29-21-7-6-10-23(15-21)37-18(2)26(35)30-24-16-25(34)32(31-24)22-8-4-3-5-9-22/h3-15,18H,16H2,1-2H3,(H2,28,29,36)(H,30,31,35). The third-order valence-corrected chi connectivity index (χ3v) is 6.67. The lowest BCUT2D eigenvalue weighted by Gasteiger charge is -2.14. The van der Waals surface area contributed by atoms with Crippen molar-refractivity contribution in [1.29, 1.82) is 0 Å². The number of carbonyl (C=O) groups excluding carboxylic acids is 3. The fourth-order valence-electron chi connectivity index (χ4n) is 3.50. The Labute approximate surface area is 224 Å². The molecule has 37 heavy (non-hydrogen) atoms. The van der Waals surface area contributed by atoms with Crippen LogP contribution in [-0.4, -0.2) is 33.8 Å². The predicted molar refractivity (Wildman–Crippen MR) is 152 cm³/mol. The highest BCUT2D eigenvalue weighted by Gasteiger charge is 2.27. The molecule has 1 aliphatic rings. The fraction of sp³-hybridized carbons (Fsp3) is 0.148. The summed E-state index contributed by atoms with van der Waals surface area (Å²) in [5.74, 6) is -0.103. The van der Waals surface area contributed by atoms with Crippen molar-refractivity contribution >= 4 is 69.6 Å². The number of thiocarbonyl (C=S) groups is 1. The van der Waals surface area contributed by atoms with Gasteiger partial charge in [-0.1, -0.05) is 24.3 Å². The van der Waals surface area contributed by atoms with Gasteiger partial charge in [0.1, 0.15) is 5.84 Å². The molecule has 8 nitrogen and oxygen atoms in total. The Morgan fingerprint density at radius 2 is 1.65 bits per heavy atom. The molecule has 0 aliphatic carbocycles. The largest absolute Gasteiger partial charge is 0.332 e. The number of benzene rings is 3. The molecule has 2 amide bonds. The van der Waals surface area contributed by atoms with Gasteiger partial charge in [0.25, 0.3) is 5.91 Å². The monoisotopic (exact) mass is 531 g/mol. The SMILES string of the molecule is CC(=O)c1ccc(NC(=S)Nc2cccc(SC(C)C(=O)NC3=NN(c4ccccc4)C(=O)C3)c2)cc1. The van der Waals surface area contributed by atoms with Gasteiger partial charge in [-0.15, -0.1) is 11.8 Å². The zero-order valence-electron chi connectivity index (χ0n) is 20.2. The summed E-state index contributed by atoms with van der Waals surface area (Å²) in [6.07, 6.45) is 0.0410.